The van der Waals surface area contributed by atoms with Crippen LogP contribution in [0.1, 0.15) is 24.8 Å². The quantitative estimate of drug-likeness (QED) is 0.709. The van der Waals surface area contributed by atoms with Crippen LogP contribution in [0.25, 0.3) is 0 Å². The Morgan fingerprint density at radius 2 is 1.54 bits per heavy atom. The molecule has 0 unspecified atom stereocenters. The molecule has 0 bridgehead atoms. The lowest BCUT2D eigenvalue weighted by Gasteiger charge is -2.25. The smallest absolute Gasteiger partial charge is 0.207 e. The third-order valence-electron chi connectivity index (χ3n) is 4.55. The Kier molecular flexibility index (Phi) is 6.69. The minimum atomic E-state index is -3.86. The van der Waals surface area contributed by atoms with E-state index < -0.39 is 20.0 Å². The fraction of sp³-hybridized carbons (Fsp3) is 0.333. The van der Waals surface area contributed by atoms with Crippen LogP contribution < -0.4 is 4.72 Å². The van der Waals surface area contributed by atoms with Gasteiger partial charge >= 0.3 is 0 Å². The predicted molar refractivity (Wildman–Crippen MR) is 110 cm³/mol. The van der Waals surface area contributed by atoms with E-state index in [1.54, 1.807) is 12.1 Å². The van der Waals surface area contributed by atoms with Gasteiger partial charge < -0.3 is 0 Å². The molecular formula is C18H20Cl2N2O4S2. The van der Waals surface area contributed by atoms with E-state index in [1.807, 2.05) is 0 Å². The summed E-state index contributed by atoms with van der Waals surface area (Å²) in [5.74, 6) is 0. The van der Waals surface area contributed by atoms with Gasteiger partial charge in [0.2, 0.25) is 20.0 Å². The fourth-order valence-corrected chi connectivity index (χ4v) is 6.28. The highest BCUT2D eigenvalue weighted by atomic mass is 35.5. The van der Waals surface area contributed by atoms with Crippen LogP contribution in [0.3, 0.4) is 0 Å². The van der Waals surface area contributed by atoms with Crippen molar-refractivity contribution in [2.75, 3.05) is 13.1 Å². The number of benzene rings is 2. The van der Waals surface area contributed by atoms with Gasteiger partial charge in [-0.25, -0.2) is 21.6 Å². The highest BCUT2D eigenvalue weighted by Crippen LogP contribution is 2.29. The van der Waals surface area contributed by atoms with Crippen LogP contribution in [-0.2, 0) is 26.6 Å². The lowest BCUT2D eigenvalue weighted by atomic mass is 10.2. The van der Waals surface area contributed by atoms with Crippen LogP contribution >= 0.6 is 23.2 Å². The number of rotatable bonds is 6. The molecule has 2 aromatic rings. The van der Waals surface area contributed by atoms with Gasteiger partial charge in [-0.1, -0.05) is 47.8 Å². The van der Waals surface area contributed by atoms with Crippen LogP contribution in [0.15, 0.2) is 52.3 Å². The third kappa shape index (κ3) is 4.69. The van der Waals surface area contributed by atoms with Crippen LogP contribution in [-0.4, -0.2) is 34.2 Å². The Morgan fingerprint density at radius 3 is 2.18 bits per heavy atom. The van der Waals surface area contributed by atoms with E-state index in [4.69, 9.17) is 23.2 Å². The predicted octanol–water partition coefficient (Wildman–Crippen LogP) is 3.65. The molecule has 1 N–H and O–H groups in total. The average molecular weight is 463 g/mol. The Bertz CT molecular complexity index is 1050. The van der Waals surface area contributed by atoms with Gasteiger partial charge in [-0.2, -0.15) is 4.31 Å². The normalized spacial score (nSPS) is 16.2. The minimum absolute atomic E-state index is 0.00474. The van der Waals surface area contributed by atoms with Crippen LogP contribution in [0.5, 0.6) is 0 Å². The molecule has 3 rings (SSSR count). The molecule has 1 fully saturated rings. The molecular weight excluding hydrogens is 443 g/mol. The first-order valence-corrected chi connectivity index (χ1v) is 12.4. The monoisotopic (exact) mass is 462 g/mol. The Labute approximate surface area is 175 Å². The molecule has 10 heteroatoms. The number of hydrogen-bond acceptors (Lipinski definition) is 4. The highest BCUT2D eigenvalue weighted by molar-refractivity contribution is 7.89. The summed E-state index contributed by atoms with van der Waals surface area (Å²) in [7, 11) is -7.37. The molecule has 2 aromatic carbocycles. The van der Waals surface area contributed by atoms with Gasteiger partial charge in [0.25, 0.3) is 0 Å². The number of hydrogen-bond donors (Lipinski definition) is 1. The van der Waals surface area contributed by atoms with E-state index in [0.29, 0.717) is 18.7 Å². The Balaban J connectivity index is 1.71. The molecule has 0 atom stereocenters. The summed E-state index contributed by atoms with van der Waals surface area (Å²) >= 11 is 11.9. The van der Waals surface area contributed by atoms with E-state index in [0.717, 1.165) is 19.3 Å². The van der Waals surface area contributed by atoms with Crippen LogP contribution in [0, 0.1) is 0 Å². The van der Waals surface area contributed by atoms with Crippen molar-refractivity contribution in [1.29, 1.82) is 0 Å². The average Bonchev–Trinajstić information content (AvgIpc) is 2.69. The lowest BCUT2D eigenvalue weighted by Crippen LogP contribution is -2.35. The summed E-state index contributed by atoms with van der Waals surface area (Å²) in [6.07, 6.45) is 2.78. The lowest BCUT2D eigenvalue weighted by molar-refractivity contribution is 0.346. The molecule has 0 amide bonds. The van der Waals surface area contributed by atoms with Gasteiger partial charge in [0.1, 0.15) is 4.90 Å². The number of piperidine rings is 1. The maximum absolute atomic E-state index is 12.7. The molecule has 28 heavy (non-hydrogen) atoms. The zero-order valence-electron chi connectivity index (χ0n) is 14.9. The highest BCUT2D eigenvalue weighted by Gasteiger charge is 2.26. The van der Waals surface area contributed by atoms with Gasteiger partial charge in [-0.3, -0.25) is 0 Å². The molecule has 1 heterocycles. The molecule has 0 aliphatic carbocycles. The van der Waals surface area contributed by atoms with E-state index >= 15 is 0 Å². The second kappa shape index (κ2) is 8.69. The zero-order chi connectivity index (χ0) is 20.4. The summed E-state index contributed by atoms with van der Waals surface area (Å²) in [6, 6.07) is 10.6. The van der Waals surface area contributed by atoms with Crippen molar-refractivity contribution in [3.05, 3.63) is 58.1 Å². The fourth-order valence-electron chi connectivity index (χ4n) is 2.98. The first-order valence-electron chi connectivity index (χ1n) is 8.74. The first kappa shape index (κ1) is 21.5. The largest absolute Gasteiger partial charge is 0.243 e. The minimum Gasteiger partial charge on any atom is -0.207 e. The Morgan fingerprint density at radius 1 is 0.893 bits per heavy atom. The van der Waals surface area contributed by atoms with E-state index in [2.05, 4.69) is 4.72 Å². The number of sulfonamides is 2. The number of nitrogens with one attached hydrogen (secondary N) is 1. The second-order valence-electron chi connectivity index (χ2n) is 6.49. The SMILES string of the molecule is O=S(=O)(NCc1ccc(S(=O)(=O)N2CCCCC2)cc1)c1cccc(Cl)c1Cl. The van der Waals surface area contributed by atoms with E-state index in [-0.39, 0.29) is 26.4 Å². The molecule has 152 valence electrons. The molecule has 6 nitrogen and oxygen atoms in total. The molecule has 0 aromatic heterocycles. The maximum atomic E-state index is 12.7. The summed E-state index contributed by atoms with van der Waals surface area (Å²) in [4.78, 5) is 0.102. The van der Waals surface area contributed by atoms with Crippen molar-refractivity contribution in [2.24, 2.45) is 0 Å². The summed E-state index contributed by atoms with van der Waals surface area (Å²) < 4.78 is 54.2. The van der Waals surface area contributed by atoms with Crippen molar-refractivity contribution >= 4 is 43.2 Å². The molecule has 1 aliphatic heterocycles. The second-order valence-corrected chi connectivity index (χ2v) is 10.9. The molecule has 0 spiro atoms. The van der Waals surface area contributed by atoms with Crippen molar-refractivity contribution < 1.29 is 16.8 Å². The molecule has 1 aliphatic rings. The molecule has 0 saturated carbocycles. The van der Waals surface area contributed by atoms with Crippen molar-refractivity contribution in [3.8, 4) is 0 Å². The number of halogens is 2. The van der Waals surface area contributed by atoms with Crippen molar-refractivity contribution in [1.82, 2.24) is 9.03 Å². The molecule has 0 radical (unpaired) electrons. The van der Waals surface area contributed by atoms with Gasteiger partial charge in [-0.15, -0.1) is 0 Å². The van der Waals surface area contributed by atoms with Gasteiger partial charge in [0.05, 0.1) is 14.9 Å². The van der Waals surface area contributed by atoms with Crippen molar-refractivity contribution in [3.63, 3.8) is 0 Å². The summed E-state index contributed by atoms with van der Waals surface area (Å²) in [5, 5.41) is 0.108. The van der Waals surface area contributed by atoms with Gasteiger partial charge in [0.15, 0.2) is 0 Å². The molecule has 1 saturated heterocycles. The first-order chi connectivity index (χ1) is 13.2. The Hall–Kier alpha value is -1.16. The van der Waals surface area contributed by atoms with E-state index in [9.17, 15) is 16.8 Å². The summed E-state index contributed by atoms with van der Waals surface area (Å²) in [5.41, 5.74) is 0.624. The van der Waals surface area contributed by atoms with Gasteiger partial charge in [0, 0.05) is 19.6 Å². The van der Waals surface area contributed by atoms with Crippen LogP contribution in [0.4, 0.5) is 0 Å². The summed E-state index contributed by atoms with van der Waals surface area (Å²) in [6.45, 7) is 1.06. The van der Waals surface area contributed by atoms with E-state index in [1.165, 1.54) is 34.6 Å². The standard InChI is InChI=1S/C18H20Cl2N2O4S2/c19-16-5-4-6-17(18(16)20)27(23,24)21-13-14-7-9-15(10-8-14)28(25,26)22-11-2-1-3-12-22/h4-10,21H,1-3,11-13H2. The topological polar surface area (TPSA) is 83.5 Å². The van der Waals surface area contributed by atoms with Crippen molar-refractivity contribution in [2.45, 2.75) is 35.6 Å². The number of nitrogens with zero attached hydrogens (tertiary/aromatic N) is 1. The zero-order valence-corrected chi connectivity index (χ0v) is 18.1. The maximum Gasteiger partial charge on any atom is 0.243 e. The third-order valence-corrected chi connectivity index (χ3v) is 8.84. The van der Waals surface area contributed by atoms with Crippen LogP contribution in [0.2, 0.25) is 10.0 Å². The van der Waals surface area contributed by atoms with Gasteiger partial charge in [-0.05, 0) is 42.7 Å².